The van der Waals surface area contributed by atoms with E-state index in [2.05, 4.69) is 20.9 Å². The standard InChI is InChI=1S/C7H6BrNOS/c1-5-7(8)2-6(11-5)3-9-4-10/h2H,3H2,1H3. The van der Waals surface area contributed by atoms with Crippen LogP contribution >= 0.6 is 27.3 Å². The van der Waals surface area contributed by atoms with Crippen LogP contribution in [0.3, 0.4) is 0 Å². The second kappa shape index (κ2) is 3.81. The van der Waals surface area contributed by atoms with Gasteiger partial charge in [0.25, 0.3) is 0 Å². The van der Waals surface area contributed by atoms with Gasteiger partial charge in [0, 0.05) is 14.2 Å². The summed E-state index contributed by atoms with van der Waals surface area (Å²) in [5, 5.41) is 0. The molecule has 0 fully saturated rings. The molecule has 0 amide bonds. The molecule has 1 rings (SSSR count). The summed E-state index contributed by atoms with van der Waals surface area (Å²) in [6.45, 7) is 2.46. The second-order valence-corrected chi connectivity index (χ2v) is 4.22. The van der Waals surface area contributed by atoms with Crippen LogP contribution in [0.4, 0.5) is 0 Å². The third-order valence-corrected chi connectivity index (χ3v) is 3.33. The lowest BCUT2D eigenvalue weighted by Gasteiger charge is -1.81. The van der Waals surface area contributed by atoms with Crippen LogP contribution in [-0.4, -0.2) is 6.08 Å². The second-order valence-electron chi connectivity index (χ2n) is 2.02. The molecular weight excluding hydrogens is 226 g/mol. The Balaban J connectivity index is 2.80. The molecule has 0 N–H and O–H groups in total. The fraction of sp³-hybridized carbons (Fsp3) is 0.286. The maximum atomic E-state index is 9.77. The van der Waals surface area contributed by atoms with Crippen LogP contribution in [0, 0.1) is 6.92 Å². The molecule has 58 valence electrons. The Bertz CT molecular complexity index is 282. The average molecular weight is 232 g/mol. The van der Waals surface area contributed by atoms with E-state index in [-0.39, 0.29) is 0 Å². The molecule has 0 spiro atoms. The van der Waals surface area contributed by atoms with Gasteiger partial charge in [-0.2, -0.15) is 0 Å². The predicted molar refractivity (Wildman–Crippen MR) is 48.6 cm³/mol. The van der Waals surface area contributed by atoms with Crippen molar-refractivity contribution in [3.8, 4) is 0 Å². The predicted octanol–water partition coefficient (Wildman–Crippen LogP) is 2.65. The Morgan fingerprint density at radius 2 is 2.55 bits per heavy atom. The largest absolute Gasteiger partial charge is 0.235 e. The van der Waals surface area contributed by atoms with Gasteiger partial charge >= 0.3 is 0 Å². The summed E-state index contributed by atoms with van der Waals surface area (Å²) in [5.41, 5.74) is 0. The van der Waals surface area contributed by atoms with E-state index in [1.807, 2.05) is 13.0 Å². The van der Waals surface area contributed by atoms with E-state index in [4.69, 9.17) is 0 Å². The van der Waals surface area contributed by atoms with Crippen LogP contribution in [-0.2, 0) is 11.3 Å². The SMILES string of the molecule is Cc1sc(CN=C=O)cc1Br. The summed E-state index contributed by atoms with van der Waals surface area (Å²) >= 11 is 5.01. The van der Waals surface area contributed by atoms with Gasteiger partial charge in [0.05, 0.1) is 6.54 Å². The van der Waals surface area contributed by atoms with E-state index >= 15 is 0 Å². The van der Waals surface area contributed by atoms with Crippen molar-refractivity contribution in [2.75, 3.05) is 0 Å². The van der Waals surface area contributed by atoms with Gasteiger partial charge in [-0.1, -0.05) is 0 Å². The summed E-state index contributed by atoms with van der Waals surface area (Å²) in [4.78, 5) is 15.5. The molecule has 0 unspecified atom stereocenters. The molecule has 0 saturated carbocycles. The van der Waals surface area contributed by atoms with Gasteiger partial charge in [-0.3, -0.25) is 0 Å². The first kappa shape index (κ1) is 8.65. The van der Waals surface area contributed by atoms with Crippen LogP contribution in [0.1, 0.15) is 9.75 Å². The Hall–Kier alpha value is -0.440. The number of halogens is 1. The molecule has 1 heterocycles. The minimum Gasteiger partial charge on any atom is -0.211 e. The van der Waals surface area contributed by atoms with Crippen molar-refractivity contribution in [3.63, 3.8) is 0 Å². The van der Waals surface area contributed by atoms with Gasteiger partial charge in [-0.25, -0.2) is 9.79 Å². The lowest BCUT2D eigenvalue weighted by atomic mass is 10.4. The fourth-order valence-electron chi connectivity index (χ4n) is 0.706. The average Bonchev–Trinajstić information content (AvgIpc) is 2.28. The number of rotatable bonds is 2. The molecule has 0 atom stereocenters. The van der Waals surface area contributed by atoms with Crippen molar-refractivity contribution in [2.45, 2.75) is 13.5 Å². The minimum atomic E-state index is 0.445. The van der Waals surface area contributed by atoms with E-state index in [1.54, 1.807) is 11.3 Å². The maximum Gasteiger partial charge on any atom is 0.235 e. The van der Waals surface area contributed by atoms with Crippen molar-refractivity contribution in [2.24, 2.45) is 4.99 Å². The monoisotopic (exact) mass is 231 g/mol. The van der Waals surface area contributed by atoms with Crippen molar-refractivity contribution in [3.05, 3.63) is 20.3 Å². The van der Waals surface area contributed by atoms with Crippen molar-refractivity contribution < 1.29 is 4.79 Å². The highest BCUT2D eigenvalue weighted by Crippen LogP contribution is 2.26. The first-order valence-electron chi connectivity index (χ1n) is 3.02. The van der Waals surface area contributed by atoms with Gasteiger partial charge in [-0.05, 0) is 28.9 Å². The van der Waals surface area contributed by atoms with E-state index < -0.39 is 0 Å². The quantitative estimate of drug-likeness (QED) is 0.569. The zero-order chi connectivity index (χ0) is 8.27. The number of nitrogens with zero attached hydrogens (tertiary/aromatic N) is 1. The molecule has 1 aromatic heterocycles. The smallest absolute Gasteiger partial charge is 0.211 e. The van der Waals surface area contributed by atoms with Gasteiger partial charge in [0.2, 0.25) is 6.08 Å². The van der Waals surface area contributed by atoms with Gasteiger partial charge in [0.1, 0.15) is 0 Å². The maximum absolute atomic E-state index is 9.77. The molecular formula is C7H6BrNOS. The number of carbonyl (C=O) groups excluding carboxylic acids is 1. The first-order chi connectivity index (χ1) is 5.24. The number of isocyanates is 1. The van der Waals surface area contributed by atoms with Crippen LogP contribution in [0.15, 0.2) is 15.5 Å². The van der Waals surface area contributed by atoms with E-state index in [0.717, 1.165) is 9.35 Å². The fourth-order valence-corrected chi connectivity index (χ4v) is 2.23. The molecule has 0 aliphatic heterocycles. The van der Waals surface area contributed by atoms with Gasteiger partial charge < -0.3 is 0 Å². The lowest BCUT2D eigenvalue weighted by molar-refractivity contribution is 0.563. The first-order valence-corrected chi connectivity index (χ1v) is 4.63. The van der Waals surface area contributed by atoms with Crippen molar-refractivity contribution in [1.82, 2.24) is 0 Å². The Morgan fingerprint density at radius 1 is 1.82 bits per heavy atom. The summed E-state index contributed by atoms with van der Waals surface area (Å²) in [6, 6.07) is 1.97. The van der Waals surface area contributed by atoms with Gasteiger partial charge in [0.15, 0.2) is 0 Å². The zero-order valence-electron chi connectivity index (χ0n) is 5.93. The summed E-state index contributed by atoms with van der Waals surface area (Å²) in [7, 11) is 0. The normalized spacial score (nSPS) is 9.27. The van der Waals surface area contributed by atoms with Crippen molar-refractivity contribution >= 4 is 33.3 Å². The van der Waals surface area contributed by atoms with E-state index in [1.165, 1.54) is 11.0 Å². The number of thiophene rings is 1. The summed E-state index contributed by atoms with van der Waals surface area (Å²) < 4.78 is 1.08. The van der Waals surface area contributed by atoms with Gasteiger partial charge in [-0.15, -0.1) is 11.3 Å². The Labute approximate surface area is 77.1 Å². The minimum absolute atomic E-state index is 0.445. The molecule has 0 aliphatic rings. The van der Waals surface area contributed by atoms with Crippen LogP contribution < -0.4 is 0 Å². The molecule has 0 aliphatic carbocycles. The van der Waals surface area contributed by atoms with Crippen molar-refractivity contribution in [1.29, 1.82) is 0 Å². The van der Waals surface area contributed by atoms with E-state index in [0.29, 0.717) is 6.54 Å². The number of hydrogen-bond acceptors (Lipinski definition) is 3. The summed E-state index contributed by atoms with van der Waals surface area (Å²) in [6.07, 6.45) is 1.51. The van der Waals surface area contributed by atoms with Crippen LogP contribution in [0.2, 0.25) is 0 Å². The molecule has 2 nitrogen and oxygen atoms in total. The number of hydrogen-bond donors (Lipinski definition) is 0. The molecule has 0 saturated heterocycles. The lowest BCUT2D eigenvalue weighted by Crippen LogP contribution is -1.69. The third kappa shape index (κ3) is 2.26. The Morgan fingerprint density at radius 3 is 3.00 bits per heavy atom. The molecule has 11 heavy (non-hydrogen) atoms. The highest BCUT2D eigenvalue weighted by molar-refractivity contribution is 9.10. The number of aryl methyl sites for hydroxylation is 1. The Kier molecular flexibility index (Phi) is 3.00. The molecule has 0 aromatic carbocycles. The molecule has 0 radical (unpaired) electrons. The zero-order valence-corrected chi connectivity index (χ0v) is 8.33. The summed E-state index contributed by atoms with van der Waals surface area (Å²) in [5.74, 6) is 0. The highest BCUT2D eigenvalue weighted by atomic mass is 79.9. The van der Waals surface area contributed by atoms with Crippen LogP contribution in [0.25, 0.3) is 0 Å². The third-order valence-electron chi connectivity index (χ3n) is 1.21. The molecule has 1 aromatic rings. The molecule has 0 bridgehead atoms. The highest BCUT2D eigenvalue weighted by Gasteiger charge is 2.00. The molecule has 4 heteroatoms. The van der Waals surface area contributed by atoms with Crippen LogP contribution in [0.5, 0.6) is 0 Å². The van der Waals surface area contributed by atoms with E-state index in [9.17, 15) is 4.79 Å². The number of aliphatic imine (C=N–C) groups is 1. The topological polar surface area (TPSA) is 29.4 Å².